The topological polar surface area (TPSA) is 66.4 Å². The number of carbonyl (C=O) groups is 2. The number of carboxylic acids is 1. The average molecular weight is 245 g/mol. The van der Waals surface area contributed by atoms with Crippen molar-refractivity contribution in [3.8, 4) is 0 Å². The first kappa shape index (κ1) is 18.5. The Morgan fingerprint density at radius 3 is 2.18 bits per heavy atom. The Labute approximate surface area is 105 Å². The minimum atomic E-state index is -0.833. The van der Waals surface area contributed by atoms with Gasteiger partial charge in [0.25, 0.3) is 5.97 Å². The molecule has 0 aliphatic carbocycles. The highest BCUT2D eigenvalue weighted by molar-refractivity contribution is 5.62. The third-order valence-electron chi connectivity index (χ3n) is 2.15. The predicted octanol–water partition coefficient (Wildman–Crippen LogP) is 2.62. The van der Waals surface area contributed by atoms with E-state index in [1.54, 1.807) is 0 Å². The fraction of sp³-hybridized carbons (Fsp3) is 0.846. The second-order valence-electron chi connectivity index (χ2n) is 3.99. The molecule has 0 amide bonds. The number of nitrogens with one attached hydrogen (secondary N) is 1. The summed E-state index contributed by atoms with van der Waals surface area (Å²) in [4.78, 5) is 19.0. The number of aliphatic carboxylic acids is 1. The molecule has 4 heteroatoms. The molecule has 0 aromatic carbocycles. The molecule has 17 heavy (non-hydrogen) atoms. The molecule has 0 rings (SSSR count). The Kier molecular flexibility index (Phi) is 19.0. The van der Waals surface area contributed by atoms with E-state index in [0.717, 1.165) is 26.3 Å². The molecule has 0 bridgehead atoms. The molecule has 4 nitrogen and oxygen atoms in total. The summed E-state index contributed by atoms with van der Waals surface area (Å²) in [5, 5.41) is 10.7. The van der Waals surface area contributed by atoms with Gasteiger partial charge in [0.2, 0.25) is 0 Å². The van der Waals surface area contributed by atoms with Gasteiger partial charge < -0.3 is 15.2 Å². The van der Waals surface area contributed by atoms with Crippen LogP contribution in [0.1, 0.15) is 58.8 Å². The number of carboxylic acid groups (broad SMARTS) is 1. The molecule has 0 aliphatic rings. The Balaban J connectivity index is 0. The van der Waals surface area contributed by atoms with Gasteiger partial charge in [0.05, 0.1) is 0 Å². The maximum Gasteiger partial charge on any atom is 0.300 e. The molecule has 0 fully saturated rings. The Bertz CT molecular complexity index is 168. The van der Waals surface area contributed by atoms with E-state index < -0.39 is 5.97 Å². The SMILES string of the molecule is CC(=O)O.CCCCCCCCNCCC=O. The monoisotopic (exact) mass is 245 g/mol. The summed E-state index contributed by atoms with van der Waals surface area (Å²) in [6.07, 6.45) is 9.63. The summed E-state index contributed by atoms with van der Waals surface area (Å²) in [6.45, 7) is 5.24. The van der Waals surface area contributed by atoms with Crippen LogP contribution in [0.5, 0.6) is 0 Å². The molecule has 0 aromatic rings. The molecular weight excluding hydrogens is 218 g/mol. The van der Waals surface area contributed by atoms with Crippen LogP contribution in [0.25, 0.3) is 0 Å². The van der Waals surface area contributed by atoms with E-state index in [0.29, 0.717) is 6.42 Å². The first-order valence-electron chi connectivity index (χ1n) is 6.49. The Morgan fingerprint density at radius 1 is 1.12 bits per heavy atom. The van der Waals surface area contributed by atoms with Crippen molar-refractivity contribution < 1.29 is 14.7 Å². The standard InChI is InChI=1S/C11H23NO.C2H4O2/c1-2-3-4-5-6-7-9-12-10-8-11-13;1-2(3)4/h11-12H,2-10H2,1H3;1H3,(H,3,4). The lowest BCUT2D eigenvalue weighted by molar-refractivity contribution is -0.134. The lowest BCUT2D eigenvalue weighted by Crippen LogP contribution is -2.16. The van der Waals surface area contributed by atoms with Crippen LogP contribution in [-0.2, 0) is 9.59 Å². The van der Waals surface area contributed by atoms with Crippen LogP contribution in [-0.4, -0.2) is 30.5 Å². The van der Waals surface area contributed by atoms with E-state index in [2.05, 4.69) is 12.2 Å². The van der Waals surface area contributed by atoms with Gasteiger partial charge in [0.15, 0.2) is 0 Å². The minimum Gasteiger partial charge on any atom is -0.481 e. The van der Waals surface area contributed by atoms with Crippen LogP contribution in [0.4, 0.5) is 0 Å². The molecule has 2 N–H and O–H groups in total. The highest BCUT2D eigenvalue weighted by Crippen LogP contribution is 2.03. The molecule has 0 radical (unpaired) electrons. The Hall–Kier alpha value is -0.900. The van der Waals surface area contributed by atoms with Crippen LogP contribution in [0.15, 0.2) is 0 Å². The largest absolute Gasteiger partial charge is 0.481 e. The number of rotatable bonds is 10. The maximum absolute atomic E-state index is 9.97. The van der Waals surface area contributed by atoms with Gasteiger partial charge in [-0.15, -0.1) is 0 Å². The highest BCUT2D eigenvalue weighted by atomic mass is 16.4. The summed E-state index contributed by atoms with van der Waals surface area (Å²) in [6, 6.07) is 0. The zero-order chi connectivity index (χ0) is 13.4. The van der Waals surface area contributed by atoms with Crippen molar-refractivity contribution in [2.24, 2.45) is 0 Å². The number of hydrogen-bond donors (Lipinski definition) is 2. The lowest BCUT2D eigenvalue weighted by Gasteiger charge is -2.01. The van der Waals surface area contributed by atoms with Gasteiger partial charge in [0.1, 0.15) is 6.29 Å². The molecule has 0 heterocycles. The van der Waals surface area contributed by atoms with Gasteiger partial charge in [0, 0.05) is 19.9 Å². The number of aldehydes is 1. The quantitative estimate of drug-likeness (QED) is 0.458. The fourth-order valence-electron chi connectivity index (χ4n) is 1.32. The lowest BCUT2D eigenvalue weighted by atomic mass is 10.1. The van der Waals surface area contributed by atoms with Crippen molar-refractivity contribution in [3.05, 3.63) is 0 Å². The molecule has 0 aliphatic heterocycles. The summed E-state index contributed by atoms with van der Waals surface area (Å²) >= 11 is 0. The van der Waals surface area contributed by atoms with Crippen molar-refractivity contribution in [2.45, 2.75) is 58.8 Å². The smallest absolute Gasteiger partial charge is 0.300 e. The number of hydrogen-bond acceptors (Lipinski definition) is 3. The predicted molar refractivity (Wildman–Crippen MR) is 70.2 cm³/mol. The third-order valence-corrected chi connectivity index (χ3v) is 2.15. The summed E-state index contributed by atoms with van der Waals surface area (Å²) in [7, 11) is 0. The van der Waals surface area contributed by atoms with E-state index in [4.69, 9.17) is 9.90 Å². The zero-order valence-corrected chi connectivity index (χ0v) is 11.2. The van der Waals surface area contributed by atoms with Gasteiger partial charge >= 0.3 is 0 Å². The van der Waals surface area contributed by atoms with E-state index in [-0.39, 0.29) is 0 Å². The van der Waals surface area contributed by atoms with Crippen LogP contribution in [0.2, 0.25) is 0 Å². The van der Waals surface area contributed by atoms with Crippen LogP contribution >= 0.6 is 0 Å². The maximum atomic E-state index is 9.97. The third kappa shape index (κ3) is 31.3. The first-order valence-corrected chi connectivity index (χ1v) is 6.49. The fourth-order valence-corrected chi connectivity index (χ4v) is 1.32. The molecule has 0 unspecified atom stereocenters. The molecule has 102 valence electrons. The molecule has 0 aromatic heterocycles. The number of carbonyl (C=O) groups excluding carboxylic acids is 1. The van der Waals surface area contributed by atoms with Crippen LogP contribution < -0.4 is 5.32 Å². The van der Waals surface area contributed by atoms with Crippen LogP contribution in [0, 0.1) is 0 Å². The van der Waals surface area contributed by atoms with Gasteiger partial charge in [-0.05, 0) is 13.0 Å². The molecule has 0 saturated carbocycles. The normalized spacial score (nSPS) is 9.29. The summed E-state index contributed by atoms with van der Waals surface area (Å²) in [5.74, 6) is -0.833. The number of unbranched alkanes of at least 4 members (excludes halogenated alkanes) is 5. The second-order valence-corrected chi connectivity index (χ2v) is 3.99. The van der Waals surface area contributed by atoms with Gasteiger partial charge in [-0.3, -0.25) is 4.79 Å². The molecule has 0 saturated heterocycles. The molecular formula is C13H27NO3. The van der Waals surface area contributed by atoms with E-state index >= 15 is 0 Å². The first-order chi connectivity index (χ1) is 8.15. The summed E-state index contributed by atoms with van der Waals surface area (Å²) < 4.78 is 0. The van der Waals surface area contributed by atoms with E-state index in [9.17, 15) is 4.79 Å². The van der Waals surface area contributed by atoms with Gasteiger partial charge in [-0.25, -0.2) is 0 Å². The molecule has 0 spiro atoms. The van der Waals surface area contributed by atoms with Crippen molar-refractivity contribution in [3.63, 3.8) is 0 Å². The van der Waals surface area contributed by atoms with Crippen LogP contribution in [0.3, 0.4) is 0 Å². The van der Waals surface area contributed by atoms with Crippen molar-refractivity contribution in [1.29, 1.82) is 0 Å². The van der Waals surface area contributed by atoms with Gasteiger partial charge in [-0.2, -0.15) is 0 Å². The van der Waals surface area contributed by atoms with Crippen molar-refractivity contribution in [2.75, 3.05) is 13.1 Å². The van der Waals surface area contributed by atoms with Crippen molar-refractivity contribution in [1.82, 2.24) is 5.32 Å². The second kappa shape index (κ2) is 17.5. The zero-order valence-electron chi connectivity index (χ0n) is 11.2. The minimum absolute atomic E-state index is 0.649. The highest BCUT2D eigenvalue weighted by Gasteiger charge is 1.89. The Morgan fingerprint density at radius 2 is 1.65 bits per heavy atom. The van der Waals surface area contributed by atoms with E-state index in [1.807, 2.05) is 0 Å². The molecule has 0 atom stereocenters. The van der Waals surface area contributed by atoms with Crippen molar-refractivity contribution >= 4 is 12.3 Å². The average Bonchev–Trinajstić information content (AvgIpc) is 2.26. The van der Waals surface area contributed by atoms with E-state index in [1.165, 1.54) is 38.5 Å². The summed E-state index contributed by atoms with van der Waals surface area (Å²) in [5.41, 5.74) is 0. The van der Waals surface area contributed by atoms with Gasteiger partial charge in [-0.1, -0.05) is 39.0 Å².